The normalized spacial score (nSPS) is 15.1. The molecule has 4 rings (SSSR count). The van der Waals surface area contributed by atoms with Crippen LogP contribution in [0.25, 0.3) is 11.4 Å². The third-order valence-electron chi connectivity index (χ3n) is 4.39. The zero-order valence-corrected chi connectivity index (χ0v) is 14.8. The molecular weight excluding hydrogens is 344 g/mol. The number of fused-ring (bicyclic) bond motifs is 1. The minimum atomic E-state index is -0.423. The lowest BCUT2D eigenvalue weighted by molar-refractivity contribution is -0.384. The second-order valence-electron chi connectivity index (χ2n) is 6.46. The summed E-state index contributed by atoms with van der Waals surface area (Å²) in [4.78, 5) is 19.5. The molecule has 0 spiro atoms. The Bertz CT molecular complexity index is 981. The van der Waals surface area contributed by atoms with Crippen molar-refractivity contribution in [3.8, 4) is 17.1 Å². The van der Waals surface area contributed by atoms with Gasteiger partial charge in [0.2, 0.25) is 0 Å². The van der Waals surface area contributed by atoms with E-state index in [9.17, 15) is 10.1 Å². The average Bonchev–Trinajstić information content (AvgIpc) is 3.09. The van der Waals surface area contributed by atoms with Crippen LogP contribution >= 0.6 is 0 Å². The molecule has 2 aromatic carbocycles. The molecule has 7 nitrogen and oxygen atoms in total. The molecule has 0 radical (unpaired) electrons. The topological polar surface area (TPSA) is 90.2 Å². The molecule has 1 aromatic heterocycles. The van der Waals surface area contributed by atoms with Crippen LogP contribution in [0.3, 0.4) is 0 Å². The monoisotopic (exact) mass is 362 g/mol. The van der Waals surface area contributed by atoms with Gasteiger partial charge in [-0.25, -0.2) is 9.97 Å². The number of benzene rings is 2. The maximum atomic E-state index is 11.0. The van der Waals surface area contributed by atoms with Crippen LogP contribution in [-0.4, -0.2) is 27.5 Å². The van der Waals surface area contributed by atoms with Crippen molar-refractivity contribution in [1.82, 2.24) is 9.97 Å². The number of non-ortho nitro benzene ring substituents is 1. The second kappa shape index (κ2) is 7.03. The van der Waals surface area contributed by atoms with E-state index in [1.807, 2.05) is 31.2 Å². The summed E-state index contributed by atoms with van der Waals surface area (Å²) < 4.78 is 5.93. The Morgan fingerprint density at radius 3 is 2.85 bits per heavy atom. The standard InChI is InChI=1S/C20H18N4O3/c1-13-9-19(21-12-17-11-14-5-2-3-8-18(14)27-17)23-20(22-13)15-6-4-7-16(10-15)24(25)26/h2-10,17H,11-12H2,1H3,(H,21,22,23)/t17-/m1/s1. The predicted molar refractivity (Wildman–Crippen MR) is 102 cm³/mol. The lowest BCUT2D eigenvalue weighted by Crippen LogP contribution is -2.24. The van der Waals surface area contributed by atoms with Gasteiger partial charge in [-0.15, -0.1) is 0 Å². The first-order valence-corrected chi connectivity index (χ1v) is 8.67. The molecule has 0 saturated heterocycles. The number of hydrogen-bond donors (Lipinski definition) is 1. The van der Waals surface area contributed by atoms with Crippen molar-refractivity contribution in [1.29, 1.82) is 0 Å². The number of aromatic nitrogens is 2. The number of nitro benzene ring substituents is 1. The second-order valence-corrected chi connectivity index (χ2v) is 6.46. The first-order chi connectivity index (χ1) is 13.1. The zero-order valence-electron chi connectivity index (χ0n) is 14.8. The summed E-state index contributed by atoms with van der Waals surface area (Å²) >= 11 is 0. The van der Waals surface area contributed by atoms with E-state index in [2.05, 4.69) is 21.4 Å². The maximum absolute atomic E-state index is 11.0. The highest BCUT2D eigenvalue weighted by atomic mass is 16.6. The summed E-state index contributed by atoms with van der Waals surface area (Å²) in [6.07, 6.45) is 0.893. The van der Waals surface area contributed by atoms with Gasteiger partial charge in [0.15, 0.2) is 5.82 Å². The van der Waals surface area contributed by atoms with Gasteiger partial charge >= 0.3 is 0 Å². The van der Waals surface area contributed by atoms with E-state index in [1.165, 1.54) is 17.7 Å². The summed E-state index contributed by atoms with van der Waals surface area (Å²) in [5, 5.41) is 14.3. The third kappa shape index (κ3) is 3.72. The fourth-order valence-electron chi connectivity index (χ4n) is 3.13. The van der Waals surface area contributed by atoms with Gasteiger partial charge in [-0.1, -0.05) is 30.3 Å². The van der Waals surface area contributed by atoms with Crippen LogP contribution in [0.1, 0.15) is 11.3 Å². The largest absolute Gasteiger partial charge is 0.488 e. The molecule has 3 aromatic rings. The summed E-state index contributed by atoms with van der Waals surface area (Å²) in [5.41, 5.74) is 2.62. The van der Waals surface area contributed by atoms with E-state index < -0.39 is 4.92 Å². The van der Waals surface area contributed by atoms with Gasteiger partial charge in [0.25, 0.3) is 5.69 Å². The average molecular weight is 362 g/mol. The summed E-state index contributed by atoms with van der Waals surface area (Å²) in [5.74, 6) is 2.06. The van der Waals surface area contributed by atoms with Gasteiger partial charge in [-0.05, 0) is 18.6 Å². The number of aryl methyl sites for hydroxylation is 1. The molecule has 7 heteroatoms. The minimum absolute atomic E-state index is 0.0178. The van der Waals surface area contributed by atoms with Crippen molar-refractivity contribution >= 4 is 11.5 Å². The van der Waals surface area contributed by atoms with Crippen molar-refractivity contribution in [2.45, 2.75) is 19.4 Å². The Morgan fingerprint density at radius 1 is 1.19 bits per heavy atom. The fourth-order valence-corrected chi connectivity index (χ4v) is 3.13. The van der Waals surface area contributed by atoms with E-state index >= 15 is 0 Å². The molecule has 1 atom stereocenters. The lowest BCUT2D eigenvalue weighted by atomic mass is 10.1. The molecular formula is C20H18N4O3. The van der Waals surface area contributed by atoms with Crippen LogP contribution in [0, 0.1) is 17.0 Å². The smallest absolute Gasteiger partial charge is 0.270 e. The molecule has 136 valence electrons. The predicted octanol–water partition coefficient (Wildman–Crippen LogP) is 3.78. The van der Waals surface area contributed by atoms with Crippen LogP contribution in [0.5, 0.6) is 5.75 Å². The van der Waals surface area contributed by atoms with Crippen molar-refractivity contribution in [2.24, 2.45) is 0 Å². The van der Waals surface area contributed by atoms with Crippen molar-refractivity contribution in [3.63, 3.8) is 0 Å². The van der Waals surface area contributed by atoms with Crippen LogP contribution in [0.2, 0.25) is 0 Å². The molecule has 0 aliphatic carbocycles. The fraction of sp³-hybridized carbons (Fsp3) is 0.200. The maximum Gasteiger partial charge on any atom is 0.270 e. The molecule has 0 unspecified atom stereocenters. The van der Waals surface area contributed by atoms with Gasteiger partial charge in [0.05, 0.1) is 11.5 Å². The molecule has 2 heterocycles. The molecule has 0 fully saturated rings. The number of ether oxygens (including phenoxy) is 1. The van der Waals surface area contributed by atoms with Gasteiger partial charge < -0.3 is 10.1 Å². The lowest BCUT2D eigenvalue weighted by Gasteiger charge is -2.13. The van der Waals surface area contributed by atoms with Crippen LogP contribution < -0.4 is 10.1 Å². The molecule has 0 bridgehead atoms. The number of hydrogen-bond acceptors (Lipinski definition) is 6. The first kappa shape index (κ1) is 17.0. The summed E-state index contributed by atoms with van der Waals surface area (Å²) in [7, 11) is 0. The minimum Gasteiger partial charge on any atom is -0.488 e. The molecule has 1 aliphatic rings. The van der Waals surface area contributed by atoms with E-state index in [0.717, 1.165) is 17.9 Å². The quantitative estimate of drug-likeness (QED) is 0.549. The molecule has 1 N–H and O–H groups in total. The number of anilines is 1. The molecule has 27 heavy (non-hydrogen) atoms. The van der Waals surface area contributed by atoms with Crippen molar-refractivity contribution in [3.05, 3.63) is 76.0 Å². The Kier molecular flexibility index (Phi) is 4.42. The third-order valence-corrected chi connectivity index (χ3v) is 4.39. The van der Waals surface area contributed by atoms with Crippen LogP contribution in [0.15, 0.2) is 54.6 Å². The van der Waals surface area contributed by atoms with Gasteiger partial charge in [-0.3, -0.25) is 10.1 Å². The molecule has 0 saturated carbocycles. The van der Waals surface area contributed by atoms with Crippen molar-refractivity contribution < 1.29 is 9.66 Å². The van der Waals surface area contributed by atoms with E-state index in [0.29, 0.717) is 23.8 Å². The first-order valence-electron chi connectivity index (χ1n) is 8.67. The van der Waals surface area contributed by atoms with Gasteiger partial charge in [0.1, 0.15) is 17.7 Å². The Morgan fingerprint density at radius 2 is 2.04 bits per heavy atom. The number of para-hydroxylation sites is 1. The van der Waals surface area contributed by atoms with E-state index in [4.69, 9.17) is 4.74 Å². The SMILES string of the molecule is Cc1cc(NC[C@H]2Cc3ccccc3O2)nc(-c2cccc([N+](=O)[O-])c2)n1. The highest BCUT2D eigenvalue weighted by molar-refractivity contribution is 5.61. The Hall–Kier alpha value is -3.48. The number of rotatable bonds is 5. The number of nitrogens with one attached hydrogen (secondary N) is 1. The van der Waals surface area contributed by atoms with Crippen molar-refractivity contribution in [2.75, 3.05) is 11.9 Å². The summed E-state index contributed by atoms with van der Waals surface area (Å²) in [6.45, 7) is 2.48. The summed E-state index contributed by atoms with van der Waals surface area (Å²) in [6, 6.07) is 16.2. The highest BCUT2D eigenvalue weighted by Gasteiger charge is 2.22. The number of nitrogens with zero attached hydrogens (tertiary/aromatic N) is 3. The zero-order chi connectivity index (χ0) is 18.8. The van der Waals surface area contributed by atoms with E-state index in [1.54, 1.807) is 12.1 Å². The molecule has 1 aliphatic heterocycles. The highest BCUT2D eigenvalue weighted by Crippen LogP contribution is 2.28. The van der Waals surface area contributed by atoms with Gasteiger partial charge in [0, 0.05) is 35.9 Å². The Balaban J connectivity index is 1.50. The van der Waals surface area contributed by atoms with Gasteiger partial charge in [-0.2, -0.15) is 0 Å². The molecule has 0 amide bonds. The van der Waals surface area contributed by atoms with Crippen LogP contribution in [-0.2, 0) is 6.42 Å². The van der Waals surface area contributed by atoms with E-state index in [-0.39, 0.29) is 11.8 Å². The van der Waals surface area contributed by atoms with Crippen LogP contribution in [0.4, 0.5) is 11.5 Å². The Labute approximate surface area is 156 Å². The number of nitro groups is 1.